The lowest BCUT2D eigenvalue weighted by Gasteiger charge is -2.37. The molecule has 0 aromatic heterocycles. The Hall–Kier alpha value is -1.39. The monoisotopic (exact) mass is 273 g/mol. The van der Waals surface area contributed by atoms with Crippen LogP contribution >= 0.6 is 12.2 Å². The van der Waals surface area contributed by atoms with Gasteiger partial charge in [0.15, 0.2) is 5.11 Å². The van der Waals surface area contributed by atoms with Crippen LogP contribution in [0.15, 0.2) is 41.6 Å². The molecule has 0 saturated carbocycles. The molecule has 100 valence electrons. The number of nitrogens with zero attached hydrogens (tertiary/aromatic N) is 2. The van der Waals surface area contributed by atoms with Gasteiger partial charge in [-0.2, -0.15) is 0 Å². The fourth-order valence-corrected chi connectivity index (χ4v) is 2.93. The highest BCUT2D eigenvalue weighted by atomic mass is 32.1. The number of rotatable bonds is 2. The number of benzene rings is 1. The molecule has 0 unspecified atom stereocenters. The summed E-state index contributed by atoms with van der Waals surface area (Å²) in [6.07, 6.45) is 1.08. The summed E-state index contributed by atoms with van der Waals surface area (Å²) in [4.78, 5) is 4.62. The van der Waals surface area contributed by atoms with E-state index in [0.717, 1.165) is 37.7 Å². The average Bonchev–Trinajstić information content (AvgIpc) is 2.42. The van der Waals surface area contributed by atoms with Gasteiger partial charge in [-0.15, -0.1) is 0 Å². The van der Waals surface area contributed by atoms with Crippen LogP contribution in [0.5, 0.6) is 0 Å². The van der Waals surface area contributed by atoms with Crippen LogP contribution in [0.25, 0.3) is 0 Å². The first-order valence-corrected chi connectivity index (χ1v) is 7.12. The van der Waals surface area contributed by atoms with Crippen LogP contribution in [0.3, 0.4) is 0 Å². The summed E-state index contributed by atoms with van der Waals surface area (Å²) in [5, 5.41) is 4.22. The molecule has 1 N–H and O–H groups in total. The van der Waals surface area contributed by atoms with E-state index in [1.807, 2.05) is 0 Å². The maximum atomic E-state index is 5.30. The van der Waals surface area contributed by atoms with Crippen molar-refractivity contribution in [3.8, 4) is 0 Å². The third kappa shape index (κ3) is 2.80. The van der Waals surface area contributed by atoms with Crippen molar-refractivity contribution in [2.45, 2.75) is 13.0 Å². The Morgan fingerprint density at radius 2 is 2.00 bits per heavy atom. The molecule has 0 atom stereocenters. The second-order valence-electron chi connectivity index (χ2n) is 5.31. The van der Waals surface area contributed by atoms with Crippen molar-refractivity contribution >= 4 is 17.3 Å². The van der Waals surface area contributed by atoms with E-state index in [1.54, 1.807) is 0 Å². The Kier molecular flexibility index (Phi) is 3.53. The summed E-state index contributed by atoms with van der Waals surface area (Å²) in [7, 11) is 2.05. The first kappa shape index (κ1) is 12.6. The minimum absolute atomic E-state index is 0.857. The van der Waals surface area contributed by atoms with Gasteiger partial charge in [0.25, 0.3) is 0 Å². The van der Waals surface area contributed by atoms with Crippen molar-refractivity contribution in [1.82, 2.24) is 15.1 Å². The van der Waals surface area contributed by atoms with Gasteiger partial charge >= 0.3 is 0 Å². The predicted octanol–water partition coefficient (Wildman–Crippen LogP) is 1.97. The van der Waals surface area contributed by atoms with Crippen molar-refractivity contribution in [2.75, 3.05) is 26.7 Å². The normalized spacial score (nSPS) is 20.3. The number of thiocarbonyl (C=S) groups is 1. The van der Waals surface area contributed by atoms with Crippen LogP contribution < -0.4 is 5.32 Å². The van der Waals surface area contributed by atoms with E-state index in [9.17, 15) is 0 Å². The summed E-state index contributed by atoms with van der Waals surface area (Å²) >= 11 is 5.30. The molecule has 0 amide bonds. The SMILES string of the molecule is CN1CC2=C(CCN(Cc3ccccc3)C2)NC1=S. The molecular weight excluding hydrogens is 254 g/mol. The van der Waals surface area contributed by atoms with E-state index in [2.05, 4.69) is 52.5 Å². The van der Waals surface area contributed by atoms with Crippen molar-refractivity contribution in [3.63, 3.8) is 0 Å². The molecule has 0 radical (unpaired) electrons. The van der Waals surface area contributed by atoms with E-state index in [4.69, 9.17) is 12.2 Å². The molecule has 2 aliphatic heterocycles. The standard InChI is InChI=1S/C15H19N3S/c1-17-10-13-11-18(8-7-14(13)16-15(17)19)9-12-5-3-2-4-6-12/h2-6H,7-11H2,1H3,(H,16,19). The van der Waals surface area contributed by atoms with E-state index in [-0.39, 0.29) is 0 Å². The van der Waals surface area contributed by atoms with Gasteiger partial charge in [-0.05, 0) is 23.4 Å². The zero-order valence-electron chi connectivity index (χ0n) is 11.2. The summed E-state index contributed by atoms with van der Waals surface area (Å²) < 4.78 is 0. The summed E-state index contributed by atoms with van der Waals surface area (Å²) in [6.45, 7) is 4.15. The number of hydrogen-bond donors (Lipinski definition) is 1. The van der Waals surface area contributed by atoms with Crippen LogP contribution in [-0.4, -0.2) is 41.6 Å². The van der Waals surface area contributed by atoms with Crippen LogP contribution in [0.2, 0.25) is 0 Å². The minimum Gasteiger partial charge on any atom is -0.348 e. The Morgan fingerprint density at radius 3 is 2.79 bits per heavy atom. The maximum Gasteiger partial charge on any atom is 0.173 e. The number of likely N-dealkylation sites (N-methyl/N-ethyl adjacent to an activating group) is 1. The Balaban J connectivity index is 1.68. The molecule has 3 nitrogen and oxygen atoms in total. The average molecular weight is 273 g/mol. The van der Waals surface area contributed by atoms with E-state index < -0.39 is 0 Å². The smallest absolute Gasteiger partial charge is 0.173 e. The summed E-state index contributed by atoms with van der Waals surface area (Å²) in [5.41, 5.74) is 4.23. The van der Waals surface area contributed by atoms with Crippen molar-refractivity contribution in [1.29, 1.82) is 0 Å². The third-order valence-corrected chi connectivity index (χ3v) is 4.21. The molecule has 0 spiro atoms. The Morgan fingerprint density at radius 1 is 1.21 bits per heavy atom. The van der Waals surface area contributed by atoms with Crippen molar-refractivity contribution in [3.05, 3.63) is 47.2 Å². The van der Waals surface area contributed by atoms with E-state index >= 15 is 0 Å². The molecule has 0 saturated heterocycles. The lowest BCUT2D eigenvalue weighted by molar-refractivity contribution is 0.263. The Bertz CT molecular complexity index is 509. The van der Waals surface area contributed by atoms with Gasteiger partial charge in [0.2, 0.25) is 0 Å². The fraction of sp³-hybridized carbons (Fsp3) is 0.400. The number of hydrogen-bond acceptors (Lipinski definition) is 2. The number of nitrogens with one attached hydrogen (secondary N) is 1. The lowest BCUT2D eigenvalue weighted by Crippen LogP contribution is -2.48. The zero-order chi connectivity index (χ0) is 13.2. The highest BCUT2D eigenvalue weighted by molar-refractivity contribution is 7.80. The van der Waals surface area contributed by atoms with Gasteiger partial charge in [0, 0.05) is 45.3 Å². The largest absolute Gasteiger partial charge is 0.348 e. The predicted molar refractivity (Wildman–Crippen MR) is 81.7 cm³/mol. The van der Waals surface area contributed by atoms with Gasteiger partial charge in [-0.3, -0.25) is 4.90 Å². The van der Waals surface area contributed by atoms with Gasteiger partial charge < -0.3 is 10.2 Å². The highest BCUT2D eigenvalue weighted by Gasteiger charge is 2.25. The first-order chi connectivity index (χ1) is 9.22. The van der Waals surface area contributed by atoms with Crippen molar-refractivity contribution < 1.29 is 0 Å². The van der Waals surface area contributed by atoms with Crippen LogP contribution in [-0.2, 0) is 6.54 Å². The molecule has 2 aliphatic rings. The molecule has 0 fully saturated rings. The van der Waals surface area contributed by atoms with Crippen molar-refractivity contribution in [2.24, 2.45) is 0 Å². The molecule has 19 heavy (non-hydrogen) atoms. The van der Waals surface area contributed by atoms with E-state index in [1.165, 1.54) is 16.8 Å². The van der Waals surface area contributed by atoms with Crippen LogP contribution in [0.1, 0.15) is 12.0 Å². The maximum absolute atomic E-state index is 5.30. The Labute approximate surface area is 119 Å². The van der Waals surface area contributed by atoms with Crippen LogP contribution in [0.4, 0.5) is 0 Å². The second kappa shape index (κ2) is 5.31. The van der Waals surface area contributed by atoms with Gasteiger partial charge in [-0.1, -0.05) is 30.3 Å². The van der Waals surface area contributed by atoms with Gasteiger partial charge in [0.1, 0.15) is 0 Å². The van der Waals surface area contributed by atoms with Gasteiger partial charge in [0.05, 0.1) is 0 Å². The lowest BCUT2D eigenvalue weighted by atomic mass is 10.0. The fourth-order valence-electron chi connectivity index (χ4n) is 2.75. The molecule has 3 rings (SSSR count). The molecule has 2 heterocycles. The molecule has 0 bridgehead atoms. The highest BCUT2D eigenvalue weighted by Crippen LogP contribution is 2.21. The quantitative estimate of drug-likeness (QED) is 0.830. The second-order valence-corrected chi connectivity index (χ2v) is 5.70. The molecule has 1 aromatic carbocycles. The first-order valence-electron chi connectivity index (χ1n) is 6.71. The third-order valence-electron chi connectivity index (χ3n) is 3.80. The summed E-state index contributed by atoms with van der Waals surface area (Å²) in [6, 6.07) is 10.7. The topological polar surface area (TPSA) is 18.5 Å². The van der Waals surface area contributed by atoms with Gasteiger partial charge in [-0.25, -0.2) is 0 Å². The zero-order valence-corrected chi connectivity index (χ0v) is 12.0. The molecule has 0 aliphatic carbocycles. The molecule has 1 aromatic rings. The van der Waals surface area contributed by atoms with Crippen LogP contribution in [0, 0.1) is 0 Å². The molecule has 4 heteroatoms. The minimum atomic E-state index is 0.857. The molecular formula is C15H19N3S. The summed E-state index contributed by atoms with van der Waals surface area (Å²) in [5.74, 6) is 0. The van der Waals surface area contributed by atoms with E-state index in [0.29, 0.717) is 0 Å².